The second-order valence-corrected chi connectivity index (χ2v) is 13.4. The topological polar surface area (TPSA) is 81.5 Å². The van der Waals surface area contributed by atoms with Crippen molar-refractivity contribution in [1.82, 2.24) is 19.4 Å². The molecule has 54 heavy (non-hydrogen) atoms. The second-order valence-electron chi connectivity index (χ2n) is 13.4. The molecule has 0 bridgehead atoms. The molecule has 5 aromatic carbocycles. The second kappa shape index (κ2) is 14.1. The van der Waals surface area contributed by atoms with Gasteiger partial charge in [-0.25, -0.2) is 15.0 Å². The summed E-state index contributed by atoms with van der Waals surface area (Å²) in [7, 11) is 0. The molecule has 2 N–H and O–H groups in total. The number of nitrogens with zero attached hydrogens (tertiary/aromatic N) is 5. The zero-order valence-electron chi connectivity index (χ0n) is 29.7. The van der Waals surface area contributed by atoms with Crippen molar-refractivity contribution in [3.8, 4) is 33.5 Å². The first-order valence-electron chi connectivity index (χ1n) is 18.1. The molecule has 1 atom stereocenters. The summed E-state index contributed by atoms with van der Waals surface area (Å²) in [6.45, 7) is 2.13. The zero-order valence-corrected chi connectivity index (χ0v) is 29.7. The Morgan fingerprint density at radius 3 is 2.13 bits per heavy atom. The highest BCUT2D eigenvalue weighted by Gasteiger charge is 2.17. The van der Waals surface area contributed by atoms with Gasteiger partial charge < -0.3 is 5.73 Å². The van der Waals surface area contributed by atoms with Crippen LogP contribution in [0.1, 0.15) is 29.7 Å². The Kier molecular flexibility index (Phi) is 8.54. The van der Waals surface area contributed by atoms with Crippen molar-refractivity contribution in [2.24, 2.45) is 10.7 Å². The standard InChI is InChI=1S/C48H36N6/c1-32(41-17-7-9-28-50-41)30-43(52-48(49)37-26-22-34(23-27-37)33-12-3-2-4-13-33)39-15-11-14-38(31-39)35-20-24-36(25-21-35)45-47-46(40-16-5-6-18-42(40)51-45)53-44-19-8-10-29-54(44)47/h2-32H,1H3,(H2,49,52)/b43-30-. The molecule has 0 saturated carbocycles. The molecule has 1 unspecified atom stereocenters. The molecule has 9 rings (SSSR count). The van der Waals surface area contributed by atoms with Gasteiger partial charge in [-0.05, 0) is 64.7 Å². The number of benzene rings is 5. The minimum atomic E-state index is 0.00654. The van der Waals surface area contributed by atoms with Crippen molar-refractivity contribution in [2.75, 3.05) is 0 Å². The van der Waals surface area contributed by atoms with Gasteiger partial charge in [-0.2, -0.15) is 0 Å². The van der Waals surface area contributed by atoms with Gasteiger partial charge in [0.1, 0.15) is 17.0 Å². The maximum Gasteiger partial charge on any atom is 0.137 e. The van der Waals surface area contributed by atoms with Gasteiger partial charge in [-0.1, -0.05) is 134 Å². The van der Waals surface area contributed by atoms with E-state index >= 15 is 0 Å². The number of allylic oxidation sites excluding steroid dienone is 1. The van der Waals surface area contributed by atoms with Crippen molar-refractivity contribution in [3.05, 3.63) is 199 Å². The predicted molar refractivity (Wildman–Crippen MR) is 222 cm³/mol. The first-order chi connectivity index (χ1) is 26.6. The lowest BCUT2D eigenvalue weighted by Gasteiger charge is -2.12. The van der Waals surface area contributed by atoms with Crippen LogP contribution in [0.2, 0.25) is 0 Å². The molecule has 0 fully saturated rings. The van der Waals surface area contributed by atoms with Crippen LogP contribution in [0.4, 0.5) is 0 Å². The van der Waals surface area contributed by atoms with E-state index in [9.17, 15) is 0 Å². The van der Waals surface area contributed by atoms with Gasteiger partial charge in [0.2, 0.25) is 0 Å². The average molecular weight is 697 g/mol. The van der Waals surface area contributed by atoms with E-state index in [1.807, 2.05) is 85.1 Å². The summed E-state index contributed by atoms with van der Waals surface area (Å²) in [5.74, 6) is 0.456. The molecule has 0 aliphatic rings. The van der Waals surface area contributed by atoms with Crippen molar-refractivity contribution >= 4 is 39.1 Å². The number of fused-ring (bicyclic) bond motifs is 5. The summed E-state index contributed by atoms with van der Waals surface area (Å²) in [5, 5.41) is 1.04. The van der Waals surface area contributed by atoms with Crippen LogP contribution in [0.5, 0.6) is 0 Å². The van der Waals surface area contributed by atoms with Gasteiger partial charge in [-0.3, -0.25) is 9.38 Å². The van der Waals surface area contributed by atoms with E-state index in [4.69, 9.17) is 20.7 Å². The highest BCUT2D eigenvalue weighted by molar-refractivity contribution is 6.09. The summed E-state index contributed by atoms with van der Waals surface area (Å²) in [6.07, 6.45) is 6.02. The van der Waals surface area contributed by atoms with Gasteiger partial charge in [0.15, 0.2) is 0 Å². The smallest absolute Gasteiger partial charge is 0.137 e. The number of imidazole rings is 1. The minimum absolute atomic E-state index is 0.00654. The number of nitrogens with two attached hydrogens (primary N) is 1. The lowest BCUT2D eigenvalue weighted by atomic mass is 9.97. The molecule has 9 aromatic rings. The number of aromatic nitrogens is 4. The number of para-hydroxylation sites is 1. The van der Waals surface area contributed by atoms with E-state index in [0.29, 0.717) is 5.84 Å². The molecule has 258 valence electrons. The molecule has 0 aliphatic carbocycles. The zero-order chi connectivity index (χ0) is 36.4. The molecule has 6 nitrogen and oxygen atoms in total. The lowest BCUT2D eigenvalue weighted by Crippen LogP contribution is -2.13. The lowest BCUT2D eigenvalue weighted by molar-refractivity contribution is 0.906. The summed E-state index contributed by atoms with van der Waals surface area (Å²) in [5.41, 5.74) is 20.5. The predicted octanol–water partition coefficient (Wildman–Crippen LogP) is 11.0. The molecule has 0 aliphatic heterocycles. The van der Waals surface area contributed by atoms with Crippen molar-refractivity contribution in [3.63, 3.8) is 0 Å². The molecular formula is C48H36N6. The molecule has 4 heterocycles. The monoisotopic (exact) mass is 696 g/mol. The third-order valence-corrected chi connectivity index (χ3v) is 9.89. The Morgan fingerprint density at radius 1 is 0.630 bits per heavy atom. The fourth-order valence-corrected chi connectivity index (χ4v) is 7.06. The molecule has 0 amide bonds. The maximum atomic E-state index is 6.74. The van der Waals surface area contributed by atoms with Crippen LogP contribution in [0, 0.1) is 0 Å². The quantitative estimate of drug-likeness (QED) is 0.127. The van der Waals surface area contributed by atoms with Crippen LogP contribution in [-0.2, 0) is 0 Å². The molecule has 4 aromatic heterocycles. The molecular weight excluding hydrogens is 661 g/mol. The van der Waals surface area contributed by atoms with Crippen molar-refractivity contribution in [2.45, 2.75) is 12.8 Å². The average Bonchev–Trinajstić information content (AvgIpc) is 3.64. The SMILES string of the molecule is CC(/C=C(\N=C(N)c1ccc(-c2ccccc2)cc1)c1cccc(-c2ccc(-c3nc4ccccc4c4nc5ccccn5c34)cc2)c1)c1ccccn1. The molecule has 0 saturated heterocycles. The van der Waals surface area contributed by atoms with Crippen LogP contribution in [0.3, 0.4) is 0 Å². The van der Waals surface area contributed by atoms with E-state index in [0.717, 1.165) is 83.6 Å². The van der Waals surface area contributed by atoms with E-state index in [-0.39, 0.29) is 5.92 Å². The molecule has 0 radical (unpaired) electrons. The van der Waals surface area contributed by atoms with Gasteiger partial charge in [-0.15, -0.1) is 0 Å². The first kappa shape index (κ1) is 32.7. The summed E-state index contributed by atoms with van der Waals surface area (Å²) in [4.78, 5) is 19.8. The first-order valence-corrected chi connectivity index (χ1v) is 18.1. The Bertz CT molecular complexity index is 2820. The van der Waals surface area contributed by atoms with Gasteiger partial charge >= 0.3 is 0 Å². The Balaban J connectivity index is 1.08. The van der Waals surface area contributed by atoms with Crippen LogP contribution < -0.4 is 5.73 Å². The van der Waals surface area contributed by atoms with E-state index < -0.39 is 0 Å². The number of rotatable bonds is 8. The van der Waals surface area contributed by atoms with Crippen molar-refractivity contribution < 1.29 is 0 Å². The van der Waals surface area contributed by atoms with Crippen LogP contribution in [0.15, 0.2) is 187 Å². The van der Waals surface area contributed by atoms with E-state index in [1.54, 1.807) is 0 Å². The molecule has 0 spiro atoms. The van der Waals surface area contributed by atoms with E-state index in [2.05, 4.69) is 114 Å². The summed E-state index contributed by atoms with van der Waals surface area (Å²) >= 11 is 0. The highest BCUT2D eigenvalue weighted by atomic mass is 15.0. The largest absolute Gasteiger partial charge is 0.383 e. The van der Waals surface area contributed by atoms with Crippen molar-refractivity contribution in [1.29, 1.82) is 0 Å². The fourth-order valence-electron chi connectivity index (χ4n) is 7.06. The van der Waals surface area contributed by atoms with E-state index in [1.165, 1.54) is 0 Å². The number of amidine groups is 1. The Labute approximate surface area is 313 Å². The highest BCUT2D eigenvalue weighted by Crippen LogP contribution is 2.35. The third kappa shape index (κ3) is 6.31. The Morgan fingerprint density at radius 2 is 1.31 bits per heavy atom. The van der Waals surface area contributed by atoms with Gasteiger partial charge in [0.05, 0.1) is 22.4 Å². The third-order valence-electron chi connectivity index (χ3n) is 9.89. The van der Waals surface area contributed by atoms with Gasteiger partial charge in [0.25, 0.3) is 0 Å². The van der Waals surface area contributed by atoms with Crippen LogP contribution in [-0.4, -0.2) is 25.2 Å². The van der Waals surface area contributed by atoms with Crippen LogP contribution in [0.25, 0.3) is 66.8 Å². The van der Waals surface area contributed by atoms with Gasteiger partial charge in [0, 0.05) is 46.1 Å². The summed E-state index contributed by atoms with van der Waals surface area (Å²) in [6, 6.07) is 55.9. The normalized spacial score (nSPS) is 12.8. The Hall–Kier alpha value is -7.18. The fraction of sp³-hybridized carbons (Fsp3) is 0.0417. The number of aliphatic imine (C=N–C) groups is 1. The number of pyridine rings is 3. The minimum Gasteiger partial charge on any atom is -0.383 e. The van der Waals surface area contributed by atoms with Crippen LogP contribution >= 0.6 is 0 Å². The number of hydrogen-bond donors (Lipinski definition) is 1. The number of hydrogen-bond acceptors (Lipinski definition) is 4. The maximum absolute atomic E-state index is 6.74. The molecule has 6 heteroatoms. The summed E-state index contributed by atoms with van der Waals surface area (Å²) < 4.78 is 2.13.